The standard InChI is InChI=1S/C24H23F5N4S/c1-15(32-7-9-34(2)10-8-32)33(18-5-6-19(25)21(27)12-18)14-17-4-3-16(11-20(17)26)22-13-23(24(28)29)31-30-22/h3-6,11-12,24H,1-2,7-10,13-14H2. The van der Waals surface area contributed by atoms with Crippen molar-refractivity contribution in [2.24, 2.45) is 10.2 Å². The second-order valence-electron chi connectivity index (χ2n) is 8.03. The summed E-state index contributed by atoms with van der Waals surface area (Å²) < 4.78 is 68.3. The van der Waals surface area contributed by atoms with Gasteiger partial charge in [0.1, 0.15) is 17.3 Å². The quantitative estimate of drug-likeness (QED) is 0.381. The maximum Gasteiger partial charge on any atom is 0.278 e. The van der Waals surface area contributed by atoms with Crippen LogP contribution in [0.2, 0.25) is 0 Å². The molecule has 0 radical (unpaired) electrons. The average molecular weight is 495 g/mol. The van der Waals surface area contributed by atoms with Crippen molar-refractivity contribution in [1.82, 2.24) is 4.90 Å². The molecule has 1 saturated heterocycles. The van der Waals surface area contributed by atoms with Crippen molar-refractivity contribution >= 4 is 33.5 Å². The Morgan fingerprint density at radius 2 is 1.74 bits per heavy atom. The molecule has 10 heteroatoms. The minimum absolute atomic E-state index is 0.00781. The molecule has 1 fully saturated rings. The molecule has 4 rings (SSSR count). The Bertz CT molecular complexity index is 1180. The van der Waals surface area contributed by atoms with E-state index in [1.165, 1.54) is 18.2 Å². The van der Waals surface area contributed by atoms with Crippen molar-refractivity contribution in [3.8, 4) is 0 Å². The Labute approximate surface area is 197 Å². The summed E-state index contributed by atoms with van der Waals surface area (Å²) in [5, 5.41) is 7.21. The van der Waals surface area contributed by atoms with Crippen LogP contribution >= 0.6 is 10.5 Å². The molecule has 0 saturated carbocycles. The summed E-state index contributed by atoms with van der Waals surface area (Å²) in [6, 6.07) is 7.83. The second-order valence-corrected chi connectivity index (χ2v) is 10.1. The first kappa shape index (κ1) is 24.1. The first-order valence-corrected chi connectivity index (χ1v) is 12.3. The van der Waals surface area contributed by atoms with Gasteiger partial charge in [0.05, 0.1) is 12.3 Å². The van der Waals surface area contributed by atoms with Gasteiger partial charge in [-0.1, -0.05) is 24.6 Å². The number of hydrogen-bond acceptors (Lipinski definition) is 4. The molecular formula is C24H23F5N4S. The zero-order chi connectivity index (χ0) is 24.4. The van der Waals surface area contributed by atoms with Crippen LogP contribution in [0.4, 0.5) is 27.6 Å². The number of anilines is 1. The zero-order valence-electron chi connectivity index (χ0n) is 18.3. The third kappa shape index (κ3) is 5.22. The minimum Gasteiger partial charge on any atom is -0.357 e. The number of halogens is 5. The molecule has 2 aromatic rings. The van der Waals surface area contributed by atoms with E-state index in [1.807, 2.05) is 4.90 Å². The van der Waals surface area contributed by atoms with E-state index in [-0.39, 0.29) is 40.4 Å². The fraction of sp³-hybridized carbons (Fsp3) is 0.292. The smallest absolute Gasteiger partial charge is 0.278 e. The normalized spacial score (nSPS) is 16.6. The first-order chi connectivity index (χ1) is 16.2. The molecular weight excluding hydrogens is 471 g/mol. The molecule has 2 aliphatic rings. The molecule has 0 bridgehead atoms. The largest absolute Gasteiger partial charge is 0.357 e. The third-order valence-corrected chi connectivity index (χ3v) is 7.33. The van der Waals surface area contributed by atoms with Crippen LogP contribution in [-0.2, 0) is 6.54 Å². The van der Waals surface area contributed by atoms with Crippen LogP contribution < -0.4 is 4.90 Å². The fourth-order valence-electron chi connectivity index (χ4n) is 3.78. The van der Waals surface area contributed by atoms with Gasteiger partial charge in [-0.3, -0.25) is 0 Å². The molecule has 0 aliphatic carbocycles. The summed E-state index contributed by atoms with van der Waals surface area (Å²) in [6.07, 6.45) is -2.85. The van der Waals surface area contributed by atoms with Crippen LogP contribution in [-0.4, -0.2) is 53.2 Å². The molecule has 0 aromatic heterocycles. The number of benzene rings is 2. The molecule has 0 N–H and O–H groups in total. The van der Waals surface area contributed by atoms with Gasteiger partial charge < -0.3 is 9.80 Å². The number of nitrogens with zero attached hydrogens (tertiary/aromatic N) is 4. The monoisotopic (exact) mass is 494 g/mol. The maximum atomic E-state index is 15.1. The van der Waals surface area contributed by atoms with Crippen LogP contribution in [0.1, 0.15) is 17.5 Å². The van der Waals surface area contributed by atoms with Crippen molar-refractivity contribution in [3.63, 3.8) is 0 Å². The van der Waals surface area contributed by atoms with Crippen LogP contribution in [0.5, 0.6) is 0 Å². The molecule has 180 valence electrons. The van der Waals surface area contributed by atoms with E-state index < -0.39 is 23.9 Å². The average Bonchev–Trinajstić information content (AvgIpc) is 3.31. The van der Waals surface area contributed by atoms with Gasteiger partial charge in [0.15, 0.2) is 11.6 Å². The molecule has 2 aliphatic heterocycles. The van der Waals surface area contributed by atoms with Crippen molar-refractivity contribution in [2.45, 2.75) is 19.4 Å². The van der Waals surface area contributed by atoms with E-state index in [1.54, 1.807) is 11.0 Å². The summed E-state index contributed by atoms with van der Waals surface area (Å²) >= 11 is 0. The van der Waals surface area contributed by atoms with Gasteiger partial charge in [0.2, 0.25) is 0 Å². The third-order valence-electron chi connectivity index (χ3n) is 5.81. The summed E-state index contributed by atoms with van der Waals surface area (Å²) in [7, 11) is 0.0683. The van der Waals surface area contributed by atoms with Gasteiger partial charge in [0.25, 0.3) is 6.43 Å². The van der Waals surface area contributed by atoms with Crippen molar-refractivity contribution in [2.75, 3.05) is 29.5 Å². The van der Waals surface area contributed by atoms with Crippen LogP contribution in [0.3, 0.4) is 0 Å². The molecule has 4 nitrogen and oxygen atoms in total. The number of hydrogen-bond donors (Lipinski definition) is 0. The Morgan fingerprint density at radius 1 is 1.00 bits per heavy atom. The second kappa shape index (κ2) is 10.1. The van der Waals surface area contributed by atoms with E-state index in [2.05, 4.69) is 22.7 Å². The summed E-state index contributed by atoms with van der Waals surface area (Å²) in [5.74, 6) is 3.85. The van der Waals surface area contributed by atoms with E-state index in [0.717, 1.165) is 23.6 Å². The van der Waals surface area contributed by atoms with Gasteiger partial charge in [-0.25, -0.2) is 22.0 Å². The Morgan fingerprint density at radius 3 is 2.35 bits per heavy atom. The summed E-state index contributed by atoms with van der Waals surface area (Å²) in [4.78, 5) is 3.66. The Balaban J connectivity index is 1.59. The van der Waals surface area contributed by atoms with Crippen molar-refractivity contribution in [1.29, 1.82) is 0 Å². The van der Waals surface area contributed by atoms with Gasteiger partial charge in [-0.05, 0) is 18.2 Å². The molecule has 2 aromatic carbocycles. The lowest BCUT2D eigenvalue weighted by atomic mass is 10.0. The molecule has 0 spiro atoms. The Hall–Kier alpha value is -3.01. The van der Waals surface area contributed by atoms with E-state index in [0.29, 0.717) is 30.2 Å². The highest BCUT2D eigenvalue weighted by Gasteiger charge is 2.24. The first-order valence-electron chi connectivity index (χ1n) is 10.6. The lowest BCUT2D eigenvalue weighted by Gasteiger charge is -2.38. The fourth-order valence-corrected chi connectivity index (χ4v) is 4.94. The van der Waals surface area contributed by atoms with Crippen molar-refractivity contribution in [3.05, 3.63) is 77.4 Å². The predicted octanol–water partition coefficient (Wildman–Crippen LogP) is 5.41. The minimum atomic E-state index is -2.71. The molecule has 0 unspecified atom stereocenters. The van der Waals surface area contributed by atoms with Gasteiger partial charge in [0, 0.05) is 53.9 Å². The van der Waals surface area contributed by atoms with E-state index >= 15 is 4.39 Å². The zero-order valence-corrected chi connectivity index (χ0v) is 19.1. The lowest BCUT2D eigenvalue weighted by molar-refractivity contribution is 0.224. The highest BCUT2D eigenvalue weighted by Crippen LogP contribution is 2.29. The van der Waals surface area contributed by atoms with Crippen LogP contribution in [0.15, 0.2) is 59.0 Å². The number of alkyl halides is 2. The van der Waals surface area contributed by atoms with Gasteiger partial charge >= 0.3 is 0 Å². The Kier molecular flexibility index (Phi) is 7.16. The molecule has 2 heterocycles. The number of rotatable bonds is 7. The van der Waals surface area contributed by atoms with Gasteiger partial charge in [-0.15, -0.1) is 0 Å². The molecule has 34 heavy (non-hydrogen) atoms. The van der Waals surface area contributed by atoms with Crippen molar-refractivity contribution < 1.29 is 22.0 Å². The molecule has 0 atom stereocenters. The highest BCUT2D eigenvalue weighted by molar-refractivity contribution is 8.14. The van der Waals surface area contributed by atoms with Gasteiger partial charge in [-0.2, -0.15) is 20.7 Å². The lowest BCUT2D eigenvalue weighted by Crippen LogP contribution is -2.40. The van der Waals surface area contributed by atoms with E-state index in [9.17, 15) is 17.6 Å². The topological polar surface area (TPSA) is 31.2 Å². The highest BCUT2D eigenvalue weighted by atomic mass is 32.2. The predicted molar refractivity (Wildman–Crippen MR) is 129 cm³/mol. The maximum absolute atomic E-state index is 15.1. The SMILES string of the molecule is C=C(N1CCS(=C)CC1)N(Cc1ccc(C2=NN=C(C(F)F)C2)cc1F)c1ccc(F)c(F)c1. The van der Waals surface area contributed by atoms with Crippen LogP contribution in [0, 0.1) is 17.5 Å². The summed E-state index contributed by atoms with van der Waals surface area (Å²) in [6.45, 7) is 5.58. The molecule has 0 amide bonds. The van der Waals surface area contributed by atoms with Crippen LogP contribution in [0.25, 0.3) is 0 Å². The van der Waals surface area contributed by atoms with E-state index in [4.69, 9.17) is 0 Å². The summed E-state index contributed by atoms with van der Waals surface area (Å²) in [5.41, 5.74) is 0.877.